The highest BCUT2D eigenvalue weighted by atomic mass is 16.6. The number of hydrogen-bond donors (Lipinski definition) is 2. The van der Waals surface area contributed by atoms with Gasteiger partial charge in [-0.3, -0.25) is 0 Å². The minimum absolute atomic E-state index is 0.381. The van der Waals surface area contributed by atoms with Gasteiger partial charge in [0.05, 0.1) is 6.08 Å². The zero-order valence-electron chi connectivity index (χ0n) is 11.0. The number of nitrogens with one attached hydrogen (secondary N) is 2. The van der Waals surface area contributed by atoms with E-state index in [0.29, 0.717) is 6.04 Å². The Morgan fingerprint density at radius 1 is 1.56 bits per heavy atom. The lowest BCUT2D eigenvalue weighted by Gasteiger charge is -2.27. The summed E-state index contributed by atoms with van der Waals surface area (Å²) in [5.74, 6) is 0.323. The van der Waals surface area contributed by atoms with Crippen LogP contribution < -0.4 is 5.32 Å². The van der Waals surface area contributed by atoms with Crippen molar-refractivity contribution in [3.8, 4) is 0 Å². The van der Waals surface area contributed by atoms with Crippen LogP contribution in [-0.2, 0) is 0 Å². The molecule has 0 amide bonds. The normalized spacial score (nSPS) is 17.4. The van der Waals surface area contributed by atoms with Gasteiger partial charge in [-0.1, -0.05) is 38.0 Å². The molecule has 1 aliphatic carbocycles. The maximum absolute atomic E-state index is 10.3. The van der Waals surface area contributed by atoms with Crippen LogP contribution in [0.15, 0.2) is 12.3 Å². The van der Waals surface area contributed by atoms with E-state index >= 15 is 0 Å². The van der Waals surface area contributed by atoms with E-state index in [2.05, 4.69) is 12.2 Å². The maximum atomic E-state index is 10.3. The minimum atomic E-state index is -0.693. The molecule has 0 aromatic carbocycles. The molecule has 0 saturated heterocycles. The van der Waals surface area contributed by atoms with Crippen molar-refractivity contribution in [1.29, 1.82) is 5.41 Å². The molecule has 102 valence electrons. The lowest BCUT2D eigenvalue weighted by atomic mass is 9.81. The second kappa shape index (κ2) is 7.84. The summed E-state index contributed by atoms with van der Waals surface area (Å²) in [4.78, 5) is 9.57. The number of nitro groups is 1. The first-order chi connectivity index (χ1) is 8.63. The molecule has 1 saturated carbocycles. The lowest BCUT2D eigenvalue weighted by molar-refractivity contribution is -0.349. The van der Waals surface area contributed by atoms with Crippen molar-refractivity contribution < 1.29 is 4.92 Å². The highest BCUT2D eigenvalue weighted by Crippen LogP contribution is 2.31. The van der Waals surface area contributed by atoms with Gasteiger partial charge in [-0.05, 0) is 30.1 Å². The van der Waals surface area contributed by atoms with Gasteiger partial charge in [0, 0.05) is 12.2 Å². The predicted octanol–water partition coefficient (Wildman–Crippen LogP) is 3.09. The highest BCUT2D eigenvalue weighted by molar-refractivity contribution is 5.82. The summed E-state index contributed by atoms with van der Waals surface area (Å²) in [5.41, 5.74) is 0. The number of rotatable bonds is 8. The van der Waals surface area contributed by atoms with Crippen LogP contribution in [0.2, 0.25) is 0 Å². The smallest absolute Gasteiger partial charge is 0.357 e. The highest BCUT2D eigenvalue weighted by Gasteiger charge is 2.18. The number of hydrogen-bond acceptors (Lipinski definition) is 4. The third kappa shape index (κ3) is 5.29. The molecular weight excluding hydrogens is 230 g/mol. The molecule has 18 heavy (non-hydrogen) atoms. The molecule has 5 nitrogen and oxygen atoms in total. The zero-order valence-corrected chi connectivity index (χ0v) is 11.0. The van der Waals surface area contributed by atoms with Crippen LogP contribution in [0.4, 0.5) is 0 Å². The Balaban J connectivity index is 2.27. The van der Waals surface area contributed by atoms with Crippen molar-refractivity contribution in [1.82, 2.24) is 5.32 Å². The Kier molecular flexibility index (Phi) is 6.39. The van der Waals surface area contributed by atoms with Gasteiger partial charge in [0.15, 0.2) is 0 Å². The van der Waals surface area contributed by atoms with Gasteiger partial charge in [-0.25, -0.2) is 0 Å². The molecule has 0 radical (unpaired) electrons. The molecule has 0 aliphatic heterocycles. The summed E-state index contributed by atoms with van der Waals surface area (Å²) in [6.07, 6.45) is 11.4. The fraction of sp³-hybridized carbons (Fsp3) is 0.769. The van der Waals surface area contributed by atoms with E-state index in [1.807, 2.05) is 0 Å². The van der Waals surface area contributed by atoms with Crippen LogP contribution in [0.25, 0.3) is 0 Å². The molecule has 1 unspecified atom stereocenters. The van der Waals surface area contributed by atoms with Gasteiger partial charge < -0.3 is 15.4 Å². The average Bonchev–Trinajstić information content (AvgIpc) is 2.26. The molecule has 1 rings (SSSR count). The van der Waals surface area contributed by atoms with Crippen molar-refractivity contribution in [2.24, 2.45) is 5.92 Å². The van der Waals surface area contributed by atoms with E-state index in [1.54, 1.807) is 6.20 Å². The average molecular weight is 253 g/mol. The molecule has 0 heterocycles. The largest absolute Gasteiger partial charge is 0.388 e. The van der Waals surface area contributed by atoms with E-state index in [9.17, 15) is 10.1 Å². The Bertz CT molecular complexity index is 311. The zero-order chi connectivity index (χ0) is 13.4. The monoisotopic (exact) mass is 253 g/mol. The van der Waals surface area contributed by atoms with Crippen LogP contribution >= 0.6 is 0 Å². The minimum Gasteiger partial charge on any atom is -0.388 e. The first-order valence-corrected chi connectivity index (χ1v) is 6.79. The van der Waals surface area contributed by atoms with Crippen molar-refractivity contribution in [2.45, 2.75) is 57.9 Å². The summed E-state index contributed by atoms with van der Waals surface area (Å²) in [6, 6.07) is 0.381. The Labute approximate surface area is 108 Å². The maximum Gasteiger partial charge on any atom is 0.357 e. The summed E-state index contributed by atoms with van der Waals surface area (Å²) in [6.45, 7) is 2.14. The van der Waals surface area contributed by atoms with Crippen LogP contribution in [0.3, 0.4) is 0 Å². The molecule has 0 aromatic heterocycles. The first-order valence-electron chi connectivity index (χ1n) is 6.79. The summed E-state index contributed by atoms with van der Waals surface area (Å²) < 4.78 is 0. The third-order valence-electron chi connectivity index (χ3n) is 3.56. The topological polar surface area (TPSA) is 79.0 Å². The second-order valence-corrected chi connectivity index (χ2v) is 5.00. The van der Waals surface area contributed by atoms with Gasteiger partial charge in [0.25, 0.3) is 0 Å². The Hall–Kier alpha value is -1.39. The van der Waals surface area contributed by atoms with E-state index in [0.717, 1.165) is 25.2 Å². The van der Waals surface area contributed by atoms with E-state index in [-0.39, 0.29) is 0 Å². The summed E-state index contributed by atoms with van der Waals surface area (Å²) in [5, 5.41) is 20.5. The predicted molar refractivity (Wildman–Crippen MR) is 72.3 cm³/mol. The van der Waals surface area contributed by atoms with Crippen molar-refractivity contribution >= 4 is 5.84 Å². The van der Waals surface area contributed by atoms with Gasteiger partial charge >= 0.3 is 5.84 Å². The molecule has 5 heteroatoms. The molecule has 0 spiro atoms. The van der Waals surface area contributed by atoms with Crippen molar-refractivity contribution in [3.63, 3.8) is 0 Å². The quantitative estimate of drug-likeness (QED) is 0.302. The third-order valence-corrected chi connectivity index (χ3v) is 3.56. The van der Waals surface area contributed by atoms with E-state index in [1.165, 1.54) is 31.8 Å². The number of amidine groups is 1. The Morgan fingerprint density at radius 3 is 2.78 bits per heavy atom. The fourth-order valence-electron chi connectivity index (χ4n) is 2.20. The van der Waals surface area contributed by atoms with Crippen LogP contribution in [0, 0.1) is 21.4 Å². The molecule has 0 aromatic rings. The second-order valence-electron chi connectivity index (χ2n) is 5.00. The van der Waals surface area contributed by atoms with Crippen molar-refractivity contribution in [3.05, 3.63) is 22.4 Å². The van der Waals surface area contributed by atoms with E-state index < -0.39 is 10.8 Å². The standard InChI is InChI=1S/C13H23N3O2/c1-2-4-12(8-7-11-5-3-6-11)15-10-9-13(14)16(17)18/h9-12,14-15H,2-8H2,1H3/b10-9-,14-13?. The molecule has 1 atom stereocenters. The molecule has 2 N–H and O–H groups in total. The molecule has 1 aliphatic rings. The van der Waals surface area contributed by atoms with Crippen molar-refractivity contribution in [2.75, 3.05) is 0 Å². The summed E-state index contributed by atoms with van der Waals surface area (Å²) in [7, 11) is 0. The summed E-state index contributed by atoms with van der Waals surface area (Å²) >= 11 is 0. The van der Waals surface area contributed by atoms with E-state index in [4.69, 9.17) is 5.41 Å². The molecule has 0 bridgehead atoms. The van der Waals surface area contributed by atoms with Crippen LogP contribution in [0.5, 0.6) is 0 Å². The Morgan fingerprint density at radius 2 is 2.28 bits per heavy atom. The SMILES string of the molecule is CCCC(CCC1CCC1)N/C=C\C(=N)[N+](=O)[O-]. The van der Waals surface area contributed by atoms with Gasteiger partial charge in [0.2, 0.25) is 0 Å². The van der Waals surface area contributed by atoms with Crippen LogP contribution in [0.1, 0.15) is 51.9 Å². The van der Waals surface area contributed by atoms with Gasteiger partial charge in [-0.2, -0.15) is 0 Å². The van der Waals surface area contributed by atoms with Gasteiger partial charge in [0.1, 0.15) is 0 Å². The first kappa shape index (κ1) is 14.7. The number of nitrogens with zero attached hydrogens (tertiary/aromatic N) is 1. The molecular formula is C13H23N3O2. The lowest BCUT2D eigenvalue weighted by Crippen LogP contribution is -2.26. The van der Waals surface area contributed by atoms with Crippen LogP contribution in [-0.4, -0.2) is 16.8 Å². The van der Waals surface area contributed by atoms with Gasteiger partial charge in [-0.15, -0.1) is 0 Å². The fourth-order valence-corrected chi connectivity index (χ4v) is 2.20. The molecule has 1 fully saturated rings.